The predicted molar refractivity (Wildman–Crippen MR) is 280 cm³/mol. The van der Waals surface area contributed by atoms with Gasteiger partial charge in [0.1, 0.15) is 11.3 Å². The lowest BCUT2D eigenvalue weighted by Crippen LogP contribution is -2.51. The van der Waals surface area contributed by atoms with E-state index in [1.165, 1.54) is 12.1 Å². The Labute approximate surface area is 425 Å². The zero-order valence-corrected chi connectivity index (χ0v) is 43.1. The molecule has 0 aliphatic carbocycles. The second kappa shape index (κ2) is 23.4. The summed E-state index contributed by atoms with van der Waals surface area (Å²) in [5.74, 6) is -0.348. The van der Waals surface area contributed by atoms with Crippen LogP contribution in [0.2, 0.25) is 5.02 Å². The number of amides is 3. The van der Waals surface area contributed by atoms with Gasteiger partial charge in [-0.3, -0.25) is 24.6 Å². The second-order valence-electron chi connectivity index (χ2n) is 18.9. The van der Waals surface area contributed by atoms with Crippen LogP contribution in [0.5, 0.6) is 0 Å². The van der Waals surface area contributed by atoms with Crippen molar-refractivity contribution in [3.8, 4) is 11.1 Å². The highest BCUT2D eigenvalue weighted by molar-refractivity contribution is 7.99. The number of carbonyl (C=O) groups is 3. The maximum Gasteiger partial charge on any atom is 0.410 e. The molecule has 16 nitrogen and oxygen atoms in total. The maximum absolute atomic E-state index is 13.9. The standard InChI is InChI=1S/C52H61ClN8O8S2/c1-52(2,3)69-51(64)60-31-29-59(30-32-60)50(63)39-15-21-46(37-11-16-41(53)17-12-37)40(33-39)35-57-25-27-58(28-26-57)43-18-13-38(14-19-43)49(62)55-71(67,68)45-20-22-47(48(34-45)61(65)66)54-42(23-24-56(4)5)36-70-44-9-7-6-8-10-44/h6-22,33-34,42,54H,23-32,35-36H2,1-5H3,(H,55,62). The van der Waals surface area contributed by atoms with E-state index in [1.54, 1.807) is 45.8 Å². The summed E-state index contributed by atoms with van der Waals surface area (Å²) < 4.78 is 34.6. The Balaban J connectivity index is 0.965. The normalized spacial score (nSPS) is 15.1. The second-order valence-corrected chi connectivity index (χ2v) is 22.1. The number of carbonyl (C=O) groups excluding carboxylic acids is 3. The van der Waals surface area contributed by atoms with Crippen LogP contribution >= 0.6 is 23.4 Å². The van der Waals surface area contributed by atoms with E-state index in [0.29, 0.717) is 81.7 Å². The molecule has 0 spiro atoms. The molecule has 1 unspecified atom stereocenters. The number of thioether (sulfide) groups is 1. The van der Waals surface area contributed by atoms with Crippen LogP contribution in [-0.4, -0.2) is 141 Å². The van der Waals surface area contributed by atoms with E-state index >= 15 is 0 Å². The van der Waals surface area contributed by atoms with Crippen molar-refractivity contribution in [2.45, 2.75) is 55.2 Å². The number of anilines is 2. The van der Waals surface area contributed by atoms with E-state index in [1.807, 2.05) is 113 Å². The summed E-state index contributed by atoms with van der Waals surface area (Å²) in [7, 11) is -0.588. The summed E-state index contributed by atoms with van der Waals surface area (Å²) in [5.41, 5.74) is 3.66. The minimum atomic E-state index is -4.49. The summed E-state index contributed by atoms with van der Waals surface area (Å²) in [4.78, 5) is 62.1. The van der Waals surface area contributed by atoms with Gasteiger partial charge >= 0.3 is 6.09 Å². The molecule has 19 heteroatoms. The van der Waals surface area contributed by atoms with Gasteiger partial charge in [-0.1, -0.05) is 48.0 Å². The minimum Gasteiger partial charge on any atom is -0.444 e. The summed E-state index contributed by atoms with van der Waals surface area (Å²) in [5, 5.41) is 16.2. The largest absolute Gasteiger partial charge is 0.444 e. The van der Waals surface area contributed by atoms with E-state index < -0.39 is 37.0 Å². The molecule has 0 aromatic heterocycles. The molecule has 2 N–H and O–H groups in total. The smallest absolute Gasteiger partial charge is 0.410 e. The van der Waals surface area contributed by atoms with Crippen molar-refractivity contribution in [2.75, 3.05) is 89.0 Å². The molecule has 376 valence electrons. The zero-order chi connectivity index (χ0) is 50.9. The molecule has 2 aliphatic heterocycles. The fourth-order valence-electron chi connectivity index (χ4n) is 8.33. The molecule has 3 amide bonds. The molecule has 5 aromatic rings. The molecule has 0 radical (unpaired) electrons. The van der Waals surface area contributed by atoms with Crippen molar-refractivity contribution >= 4 is 68.4 Å². The fourth-order valence-corrected chi connectivity index (χ4v) is 10.4. The zero-order valence-electron chi connectivity index (χ0n) is 40.7. The van der Waals surface area contributed by atoms with Gasteiger partial charge in [-0.15, -0.1) is 11.8 Å². The lowest BCUT2D eigenvalue weighted by molar-refractivity contribution is -0.384. The average Bonchev–Trinajstić information content (AvgIpc) is 3.35. The van der Waals surface area contributed by atoms with Crippen LogP contribution in [0.1, 0.15) is 53.5 Å². The van der Waals surface area contributed by atoms with Crippen LogP contribution < -0.4 is 14.9 Å². The Hall–Kier alpha value is -6.18. The first-order valence-electron chi connectivity index (χ1n) is 23.5. The molecule has 2 aliphatic rings. The molecule has 2 heterocycles. The van der Waals surface area contributed by atoms with Gasteiger partial charge in [0, 0.05) is 103 Å². The van der Waals surface area contributed by atoms with Crippen molar-refractivity contribution in [1.82, 2.24) is 24.3 Å². The topological polar surface area (TPSA) is 178 Å². The van der Waals surface area contributed by atoms with E-state index in [2.05, 4.69) is 19.8 Å². The van der Waals surface area contributed by atoms with Gasteiger partial charge in [-0.2, -0.15) is 0 Å². The highest BCUT2D eigenvalue weighted by Crippen LogP contribution is 2.32. The van der Waals surface area contributed by atoms with Gasteiger partial charge in [-0.05, 0) is 137 Å². The van der Waals surface area contributed by atoms with Gasteiger partial charge in [0.2, 0.25) is 0 Å². The van der Waals surface area contributed by atoms with Crippen molar-refractivity contribution in [1.29, 1.82) is 0 Å². The summed E-state index contributed by atoms with van der Waals surface area (Å²) >= 11 is 7.87. The quantitative estimate of drug-likeness (QED) is 0.0515. The van der Waals surface area contributed by atoms with Crippen molar-refractivity contribution < 1.29 is 32.5 Å². The number of ether oxygens (including phenoxy) is 1. The molecule has 0 saturated carbocycles. The van der Waals surface area contributed by atoms with Crippen molar-refractivity contribution in [3.05, 3.63) is 147 Å². The van der Waals surface area contributed by atoms with Gasteiger partial charge in [-0.25, -0.2) is 17.9 Å². The lowest BCUT2D eigenvalue weighted by Gasteiger charge is -2.37. The number of benzene rings is 5. The van der Waals surface area contributed by atoms with Crippen LogP contribution in [0.4, 0.5) is 21.9 Å². The SMILES string of the molecule is CN(C)CCC(CSc1ccccc1)Nc1ccc(S(=O)(=O)NC(=O)c2ccc(N3CCN(Cc4cc(C(=O)N5CCN(C(=O)OC(C)(C)C)CC5)ccc4-c4ccc(Cl)cc4)CC3)cc2)cc1[N+](=O)[O-]. The first-order chi connectivity index (χ1) is 33.8. The molecule has 1 atom stereocenters. The average molecular weight is 1030 g/mol. The number of nitrogens with zero attached hydrogens (tertiary/aromatic N) is 6. The van der Waals surface area contributed by atoms with E-state index in [9.17, 15) is 32.9 Å². The summed E-state index contributed by atoms with van der Waals surface area (Å²) in [6.07, 6.45) is 0.300. The molecule has 2 fully saturated rings. The Morgan fingerprint density at radius 2 is 1.46 bits per heavy atom. The number of sulfonamides is 1. The van der Waals surface area contributed by atoms with Gasteiger partial charge in [0.15, 0.2) is 0 Å². The molecular weight excluding hydrogens is 964 g/mol. The van der Waals surface area contributed by atoms with Gasteiger partial charge < -0.3 is 29.7 Å². The molecule has 2 saturated heterocycles. The van der Waals surface area contributed by atoms with Gasteiger partial charge in [0.25, 0.3) is 27.5 Å². The summed E-state index contributed by atoms with van der Waals surface area (Å²) in [6.45, 7) is 11.1. The van der Waals surface area contributed by atoms with Gasteiger partial charge in [0.05, 0.1) is 9.82 Å². The molecule has 0 bridgehead atoms. The number of hydrogen-bond donors (Lipinski definition) is 2. The van der Waals surface area contributed by atoms with Crippen LogP contribution in [-0.2, 0) is 21.3 Å². The number of nitrogens with one attached hydrogen (secondary N) is 2. The molecule has 5 aromatic carbocycles. The molecule has 7 rings (SSSR count). The predicted octanol–water partition coefficient (Wildman–Crippen LogP) is 8.57. The third-order valence-electron chi connectivity index (χ3n) is 12.2. The van der Waals surface area contributed by atoms with Crippen LogP contribution in [0.3, 0.4) is 0 Å². The van der Waals surface area contributed by atoms with E-state index in [4.69, 9.17) is 16.3 Å². The number of piperazine rings is 2. The number of nitro benzene ring substituents is 1. The van der Waals surface area contributed by atoms with Crippen LogP contribution in [0.15, 0.2) is 125 Å². The lowest BCUT2D eigenvalue weighted by atomic mass is 9.96. The number of nitro groups is 1. The van der Waals surface area contributed by atoms with E-state index in [0.717, 1.165) is 39.9 Å². The molecular formula is C52H61ClN8O8S2. The Morgan fingerprint density at radius 1 is 0.817 bits per heavy atom. The highest BCUT2D eigenvalue weighted by atomic mass is 35.5. The molecule has 71 heavy (non-hydrogen) atoms. The third-order valence-corrected chi connectivity index (χ3v) is 14.9. The number of halogens is 1. The first-order valence-corrected chi connectivity index (χ1v) is 26.3. The van der Waals surface area contributed by atoms with Crippen molar-refractivity contribution in [3.63, 3.8) is 0 Å². The number of hydrogen-bond acceptors (Lipinski definition) is 13. The van der Waals surface area contributed by atoms with Crippen molar-refractivity contribution in [2.24, 2.45) is 0 Å². The van der Waals surface area contributed by atoms with Crippen LogP contribution in [0, 0.1) is 10.1 Å². The first kappa shape index (κ1) is 52.6. The maximum atomic E-state index is 13.9. The Bertz CT molecular complexity index is 2780. The highest BCUT2D eigenvalue weighted by Gasteiger charge is 2.30. The third kappa shape index (κ3) is 14.5. The Kier molecular flexibility index (Phi) is 17.3. The van der Waals surface area contributed by atoms with E-state index in [-0.39, 0.29) is 29.3 Å². The fraction of sp³-hybridized carbons (Fsp3) is 0.365. The number of rotatable bonds is 17. The minimum absolute atomic E-state index is 0.0996. The monoisotopic (exact) mass is 1020 g/mol. The summed E-state index contributed by atoms with van der Waals surface area (Å²) in [6, 6.07) is 33.3. The Morgan fingerprint density at radius 3 is 2.10 bits per heavy atom. The van der Waals surface area contributed by atoms with Crippen LogP contribution in [0.25, 0.3) is 11.1 Å².